The molecule has 0 heterocycles. The summed E-state index contributed by atoms with van der Waals surface area (Å²) in [7, 11) is 0. The van der Waals surface area contributed by atoms with Gasteiger partial charge in [0.1, 0.15) is 0 Å². The van der Waals surface area contributed by atoms with Crippen molar-refractivity contribution < 1.29 is 0 Å². The van der Waals surface area contributed by atoms with Crippen LogP contribution in [0.3, 0.4) is 0 Å². The summed E-state index contributed by atoms with van der Waals surface area (Å²) in [5.74, 6) is 0. The number of hydrogen-bond donors (Lipinski definition) is 0. The molecule has 0 aliphatic rings. The molecule has 64 valence electrons. The number of rotatable bonds is 2. The van der Waals surface area contributed by atoms with Gasteiger partial charge < -0.3 is 0 Å². The number of nitriles is 2. The molecule has 0 unspecified atom stereocenters. The summed E-state index contributed by atoms with van der Waals surface area (Å²) < 4.78 is 0. The molecule has 0 aliphatic carbocycles. The van der Waals surface area contributed by atoms with Gasteiger partial charge in [0.05, 0.1) is 17.7 Å². The largest absolute Gasteiger partial charge is 0.198 e. The Kier molecular flexibility index (Phi) is 3.06. The van der Waals surface area contributed by atoms with E-state index in [1.54, 1.807) is 0 Å². The maximum atomic E-state index is 8.70. The van der Waals surface area contributed by atoms with E-state index in [2.05, 4.69) is 12.1 Å². The summed E-state index contributed by atoms with van der Waals surface area (Å²) in [6, 6.07) is 9.88. The third-order valence-electron chi connectivity index (χ3n) is 1.79. The van der Waals surface area contributed by atoms with Crippen LogP contribution in [0.25, 0.3) is 0 Å². The van der Waals surface area contributed by atoms with E-state index >= 15 is 0 Å². The molecule has 2 heteroatoms. The van der Waals surface area contributed by atoms with Crippen LogP contribution in [-0.2, 0) is 6.42 Å². The quantitative estimate of drug-likeness (QED) is 0.683. The minimum atomic E-state index is 0.508. The molecule has 0 spiro atoms. The molecule has 2 nitrogen and oxygen atoms in total. The van der Waals surface area contributed by atoms with Crippen LogP contribution in [0, 0.1) is 29.6 Å². The van der Waals surface area contributed by atoms with Crippen molar-refractivity contribution in [2.75, 3.05) is 0 Å². The molecule has 0 fully saturated rings. The van der Waals surface area contributed by atoms with Gasteiger partial charge in [-0.25, -0.2) is 0 Å². The maximum absolute atomic E-state index is 8.70. The molecule has 0 amide bonds. The second kappa shape index (κ2) is 4.28. The predicted molar refractivity (Wildman–Crippen MR) is 49.8 cm³/mol. The summed E-state index contributed by atoms with van der Waals surface area (Å²) in [4.78, 5) is 0. The molecule has 0 atom stereocenters. The number of aryl methyl sites for hydroxylation is 2. The van der Waals surface area contributed by atoms with Crippen molar-refractivity contribution in [2.24, 2.45) is 0 Å². The van der Waals surface area contributed by atoms with Crippen LogP contribution in [0.4, 0.5) is 0 Å². The van der Waals surface area contributed by atoms with Crippen molar-refractivity contribution in [3.8, 4) is 12.1 Å². The molecule has 13 heavy (non-hydrogen) atoms. The predicted octanol–water partition coefficient (Wildman–Crippen LogP) is 2.32. The van der Waals surface area contributed by atoms with E-state index in [-0.39, 0.29) is 0 Å². The van der Waals surface area contributed by atoms with Gasteiger partial charge in [0.25, 0.3) is 0 Å². The average molecular weight is 170 g/mol. The monoisotopic (exact) mass is 170 g/mol. The van der Waals surface area contributed by atoms with Crippen LogP contribution in [0.1, 0.15) is 23.1 Å². The summed E-state index contributed by atoms with van der Waals surface area (Å²) in [5, 5.41) is 17.1. The molecule has 0 saturated heterocycles. The summed E-state index contributed by atoms with van der Waals surface area (Å²) in [6.45, 7) is 1.96. The Bertz CT molecular complexity index is 380. The highest BCUT2D eigenvalue weighted by Gasteiger charge is 1.97. The standard InChI is InChI=1S/C11H10N2/c1-9-5-10(3-2-4-12)7-11(6-9)8-13/h5-7H,2-3H2,1H3. The average Bonchev–Trinajstić information content (AvgIpc) is 2.14. The lowest BCUT2D eigenvalue weighted by atomic mass is 10.0. The SMILES string of the molecule is Cc1cc(C#N)cc(CCC#N)c1. The first-order valence-electron chi connectivity index (χ1n) is 4.14. The number of hydrogen-bond acceptors (Lipinski definition) is 2. The van der Waals surface area contributed by atoms with Crippen LogP contribution in [-0.4, -0.2) is 0 Å². The summed E-state index contributed by atoms with van der Waals surface area (Å²) in [6.07, 6.45) is 1.24. The van der Waals surface area contributed by atoms with E-state index in [1.165, 1.54) is 0 Å². The van der Waals surface area contributed by atoms with Crippen molar-refractivity contribution >= 4 is 0 Å². The van der Waals surface area contributed by atoms with Gasteiger partial charge in [-0.3, -0.25) is 0 Å². The van der Waals surface area contributed by atoms with Crippen molar-refractivity contribution in [3.05, 3.63) is 34.9 Å². The first-order valence-corrected chi connectivity index (χ1v) is 4.14. The van der Waals surface area contributed by atoms with Gasteiger partial charge in [-0.05, 0) is 36.6 Å². The Morgan fingerprint density at radius 1 is 1.23 bits per heavy atom. The molecule has 1 aromatic carbocycles. The van der Waals surface area contributed by atoms with Gasteiger partial charge in [-0.2, -0.15) is 10.5 Å². The Morgan fingerprint density at radius 3 is 2.62 bits per heavy atom. The lowest BCUT2D eigenvalue weighted by Crippen LogP contribution is -1.87. The highest BCUT2D eigenvalue weighted by atomic mass is 14.2. The molecule has 0 bridgehead atoms. The maximum Gasteiger partial charge on any atom is 0.0991 e. The zero-order valence-corrected chi connectivity index (χ0v) is 7.54. The molecule has 1 rings (SSSR count). The van der Waals surface area contributed by atoms with Crippen LogP contribution < -0.4 is 0 Å². The first-order chi connectivity index (χ1) is 6.26. The molecular weight excluding hydrogens is 160 g/mol. The Labute approximate surface area is 78.0 Å². The minimum absolute atomic E-state index is 0.508. The van der Waals surface area contributed by atoms with E-state index in [1.807, 2.05) is 25.1 Å². The highest BCUT2D eigenvalue weighted by molar-refractivity contribution is 5.37. The van der Waals surface area contributed by atoms with Crippen molar-refractivity contribution in [1.82, 2.24) is 0 Å². The third kappa shape index (κ3) is 2.61. The third-order valence-corrected chi connectivity index (χ3v) is 1.79. The Balaban J connectivity index is 2.91. The fourth-order valence-corrected chi connectivity index (χ4v) is 1.27. The molecule has 0 radical (unpaired) electrons. The highest BCUT2D eigenvalue weighted by Crippen LogP contribution is 2.10. The zero-order valence-electron chi connectivity index (χ0n) is 7.54. The summed E-state index contributed by atoms with van der Waals surface area (Å²) in [5.41, 5.74) is 2.82. The normalized spacial score (nSPS) is 8.85. The van der Waals surface area contributed by atoms with Gasteiger partial charge in [0.2, 0.25) is 0 Å². The molecule has 0 aliphatic heterocycles. The van der Waals surface area contributed by atoms with Crippen LogP contribution in [0.5, 0.6) is 0 Å². The lowest BCUT2D eigenvalue weighted by molar-refractivity contribution is 1.01. The number of benzene rings is 1. The first kappa shape index (κ1) is 9.29. The second-order valence-electron chi connectivity index (χ2n) is 2.98. The number of nitrogens with zero attached hydrogens (tertiary/aromatic N) is 2. The summed E-state index contributed by atoms with van der Waals surface area (Å²) >= 11 is 0. The van der Waals surface area contributed by atoms with Crippen LogP contribution in [0.15, 0.2) is 18.2 Å². The van der Waals surface area contributed by atoms with Crippen molar-refractivity contribution in [3.63, 3.8) is 0 Å². The molecular formula is C11H10N2. The molecule has 1 aromatic rings. The lowest BCUT2D eigenvalue weighted by Gasteiger charge is -2.00. The molecule has 0 aromatic heterocycles. The van der Waals surface area contributed by atoms with E-state index in [9.17, 15) is 0 Å². The van der Waals surface area contributed by atoms with E-state index in [4.69, 9.17) is 10.5 Å². The van der Waals surface area contributed by atoms with Gasteiger partial charge >= 0.3 is 0 Å². The van der Waals surface area contributed by atoms with Gasteiger partial charge in [-0.15, -0.1) is 0 Å². The van der Waals surface area contributed by atoms with Crippen LogP contribution in [0.2, 0.25) is 0 Å². The van der Waals surface area contributed by atoms with E-state index < -0.39 is 0 Å². The minimum Gasteiger partial charge on any atom is -0.198 e. The van der Waals surface area contributed by atoms with Crippen molar-refractivity contribution in [2.45, 2.75) is 19.8 Å². The van der Waals surface area contributed by atoms with Crippen molar-refractivity contribution in [1.29, 1.82) is 10.5 Å². The van der Waals surface area contributed by atoms with Gasteiger partial charge in [0, 0.05) is 6.42 Å². The molecule has 0 N–H and O–H groups in total. The van der Waals surface area contributed by atoms with Gasteiger partial charge in [-0.1, -0.05) is 6.07 Å². The van der Waals surface area contributed by atoms with E-state index in [0.717, 1.165) is 17.5 Å². The Morgan fingerprint density at radius 2 is 2.00 bits per heavy atom. The molecule has 0 saturated carbocycles. The smallest absolute Gasteiger partial charge is 0.0991 e. The van der Waals surface area contributed by atoms with Gasteiger partial charge in [0.15, 0.2) is 0 Å². The topological polar surface area (TPSA) is 47.6 Å². The zero-order chi connectivity index (χ0) is 9.68. The second-order valence-corrected chi connectivity index (χ2v) is 2.98. The van der Waals surface area contributed by atoms with E-state index in [0.29, 0.717) is 12.0 Å². The van der Waals surface area contributed by atoms with Crippen LogP contribution >= 0.6 is 0 Å². The Hall–Kier alpha value is -1.80. The fraction of sp³-hybridized carbons (Fsp3) is 0.273. The fourth-order valence-electron chi connectivity index (χ4n) is 1.27.